The number of thiophene rings is 1. The summed E-state index contributed by atoms with van der Waals surface area (Å²) >= 11 is 3.93. The van der Waals surface area contributed by atoms with E-state index in [0.717, 1.165) is 31.1 Å². The van der Waals surface area contributed by atoms with Gasteiger partial charge in [-0.3, -0.25) is 4.90 Å². The lowest BCUT2D eigenvalue weighted by Gasteiger charge is -2.10. The Hall–Kier alpha value is -0.0300. The molecule has 0 atom stereocenters. The van der Waals surface area contributed by atoms with Gasteiger partial charge >= 0.3 is 0 Å². The Morgan fingerprint density at radius 3 is 3.07 bits per heavy atom. The topological polar surface area (TPSA) is 29.3 Å². The minimum atomic E-state index is 0.791. The summed E-state index contributed by atoms with van der Waals surface area (Å²) in [5, 5.41) is 0. The van der Waals surface area contributed by atoms with Crippen molar-refractivity contribution in [3.63, 3.8) is 0 Å². The van der Waals surface area contributed by atoms with E-state index in [-0.39, 0.29) is 0 Å². The van der Waals surface area contributed by atoms with Crippen LogP contribution in [0.15, 0.2) is 6.07 Å². The fourth-order valence-corrected chi connectivity index (χ4v) is 3.95. The van der Waals surface area contributed by atoms with Crippen molar-refractivity contribution in [1.29, 1.82) is 0 Å². The van der Waals surface area contributed by atoms with Crippen molar-refractivity contribution in [3.8, 4) is 0 Å². The zero-order valence-corrected chi connectivity index (χ0v) is 10.8. The molecule has 2 nitrogen and oxygen atoms in total. The van der Waals surface area contributed by atoms with Gasteiger partial charge in [-0.15, -0.1) is 11.3 Å². The van der Waals surface area contributed by atoms with E-state index in [1.807, 2.05) is 23.1 Å². The molecule has 0 radical (unpaired) electrons. The highest BCUT2D eigenvalue weighted by Crippen LogP contribution is 2.32. The van der Waals surface area contributed by atoms with Crippen LogP contribution in [0.1, 0.15) is 22.2 Å². The molecule has 4 heteroatoms. The largest absolute Gasteiger partial charge is 0.330 e. The highest BCUT2D eigenvalue weighted by atomic mass is 32.2. The van der Waals surface area contributed by atoms with Gasteiger partial charge in [0.2, 0.25) is 0 Å². The first-order valence-electron chi connectivity index (χ1n) is 5.44. The Morgan fingerprint density at radius 1 is 1.53 bits per heavy atom. The first-order chi connectivity index (χ1) is 7.33. The van der Waals surface area contributed by atoms with Gasteiger partial charge in [0.25, 0.3) is 0 Å². The van der Waals surface area contributed by atoms with Crippen LogP contribution in [0.5, 0.6) is 0 Å². The molecule has 0 spiro atoms. The van der Waals surface area contributed by atoms with Crippen LogP contribution in [-0.4, -0.2) is 23.7 Å². The van der Waals surface area contributed by atoms with E-state index in [1.165, 1.54) is 11.4 Å². The molecule has 0 saturated carbocycles. The van der Waals surface area contributed by atoms with Crippen LogP contribution >= 0.6 is 23.1 Å². The molecular formula is C11H18N2S2. The van der Waals surface area contributed by atoms with Gasteiger partial charge < -0.3 is 5.73 Å². The van der Waals surface area contributed by atoms with E-state index in [2.05, 4.69) is 17.9 Å². The number of rotatable bonds is 5. The summed E-state index contributed by atoms with van der Waals surface area (Å²) in [5.74, 6) is 2.21. The fraction of sp³-hybridized carbons (Fsp3) is 0.636. The lowest BCUT2D eigenvalue weighted by molar-refractivity contribution is 0.302. The molecule has 0 bridgehead atoms. The highest BCUT2D eigenvalue weighted by molar-refractivity contribution is 7.98. The van der Waals surface area contributed by atoms with Gasteiger partial charge in [0, 0.05) is 40.9 Å². The van der Waals surface area contributed by atoms with E-state index in [1.54, 1.807) is 10.4 Å². The predicted octanol–water partition coefficient (Wildman–Crippen LogP) is 2.28. The van der Waals surface area contributed by atoms with Gasteiger partial charge in [-0.25, -0.2) is 0 Å². The molecule has 84 valence electrons. The van der Waals surface area contributed by atoms with Gasteiger partial charge in [-0.1, -0.05) is 6.92 Å². The van der Waals surface area contributed by atoms with Crippen LogP contribution in [-0.2, 0) is 18.8 Å². The van der Waals surface area contributed by atoms with Gasteiger partial charge in [0.15, 0.2) is 0 Å². The van der Waals surface area contributed by atoms with Crippen molar-refractivity contribution in [2.24, 2.45) is 5.73 Å². The van der Waals surface area contributed by atoms with Gasteiger partial charge in [-0.05, 0) is 18.2 Å². The minimum absolute atomic E-state index is 0.791. The van der Waals surface area contributed by atoms with E-state index < -0.39 is 0 Å². The van der Waals surface area contributed by atoms with Crippen molar-refractivity contribution in [2.45, 2.75) is 25.8 Å². The summed E-state index contributed by atoms with van der Waals surface area (Å²) in [7, 11) is 0. The molecule has 2 N–H and O–H groups in total. The van der Waals surface area contributed by atoms with Crippen LogP contribution < -0.4 is 5.73 Å². The third-order valence-corrected chi connectivity index (χ3v) is 5.05. The molecule has 2 rings (SSSR count). The summed E-state index contributed by atoms with van der Waals surface area (Å²) in [6, 6.07) is 2.39. The summed E-state index contributed by atoms with van der Waals surface area (Å²) in [5.41, 5.74) is 7.04. The molecule has 1 aliphatic heterocycles. The van der Waals surface area contributed by atoms with E-state index >= 15 is 0 Å². The molecule has 2 heterocycles. The summed E-state index contributed by atoms with van der Waals surface area (Å²) < 4.78 is 0. The van der Waals surface area contributed by atoms with Crippen molar-refractivity contribution >= 4 is 23.1 Å². The Kier molecular flexibility index (Phi) is 4.08. The first-order valence-corrected chi connectivity index (χ1v) is 7.41. The minimum Gasteiger partial charge on any atom is -0.330 e. The normalized spacial score (nSPS) is 15.9. The molecule has 1 aromatic heterocycles. The average molecular weight is 242 g/mol. The number of nitrogens with two attached hydrogens (primary N) is 1. The van der Waals surface area contributed by atoms with Crippen molar-refractivity contribution in [1.82, 2.24) is 4.90 Å². The Bertz CT molecular complexity index is 299. The Labute approximate surface area is 99.8 Å². The van der Waals surface area contributed by atoms with Gasteiger partial charge in [-0.2, -0.15) is 11.8 Å². The standard InChI is InChI=1S/C11H18N2S2/c1-2-13-6-9-5-10(8-14-4-3-12)15-11(9)7-13/h5H,2-4,6-8,12H2,1H3. The quantitative estimate of drug-likeness (QED) is 0.803. The van der Waals surface area contributed by atoms with Crippen molar-refractivity contribution < 1.29 is 0 Å². The molecule has 15 heavy (non-hydrogen) atoms. The lowest BCUT2D eigenvalue weighted by atomic mass is 10.3. The zero-order valence-electron chi connectivity index (χ0n) is 9.16. The number of thioether (sulfide) groups is 1. The maximum Gasteiger partial charge on any atom is 0.0334 e. The first kappa shape index (κ1) is 11.5. The van der Waals surface area contributed by atoms with Crippen LogP contribution in [0.4, 0.5) is 0 Å². The maximum absolute atomic E-state index is 5.48. The molecule has 0 aliphatic carbocycles. The average Bonchev–Trinajstić information content (AvgIpc) is 2.75. The predicted molar refractivity (Wildman–Crippen MR) is 69.3 cm³/mol. The molecule has 0 aromatic carbocycles. The fourth-order valence-electron chi connectivity index (χ4n) is 1.85. The second kappa shape index (κ2) is 5.34. The molecule has 0 unspecified atom stereocenters. The third kappa shape index (κ3) is 2.75. The molecule has 0 saturated heterocycles. The maximum atomic E-state index is 5.48. The van der Waals surface area contributed by atoms with Crippen molar-refractivity contribution in [2.75, 3.05) is 18.8 Å². The molecular weight excluding hydrogens is 224 g/mol. The van der Waals surface area contributed by atoms with Gasteiger partial charge in [0.1, 0.15) is 0 Å². The smallest absolute Gasteiger partial charge is 0.0334 e. The Morgan fingerprint density at radius 2 is 2.40 bits per heavy atom. The van der Waals surface area contributed by atoms with Gasteiger partial charge in [0.05, 0.1) is 0 Å². The van der Waals surface area contributed by atoms with E-state index in [0.29, 0.717) is 0 Å². The Balaban J connectivity index is 1.90. The molecule has 1 aromatic rings. The number of hydrogen-bond acceptors (Lipinski definition) is 4. The highest BCUT2D eigenvalue weighted by Gasteiger charge is 2.20. The zero-order chi connectivity index (χ0) is 10.7. The summed E-state index contributed by atoms with van der Waals surface area (Å²) in [6.07, 6.45) is 0. The second-order valence-electron chi connectivity index (χ2n) is 3.81. The van der Waals surface area contributed by atoms with Crippen LogP contribution in [0, 0.1) is 0 Å². The van der Waals surface area contributed by atoms with Crippen LogP contribution in [0.2, 0.25) is 0 Å². The molecule has 0 amide bonds. The summed E-state index contributed by atoms with van der Waals surface area (Å²) in [6.45, 7) is 6.51. The van der Waals surface area contributed by atoms with Crippen LogP contribution in [0.25, 0.3) is 0 Å². The number of hydrogen-bond donors (Lipinski definition) is 1. The molecule has 0 fully saturated rings. The SMILES string of the molecule is CCN1Cc2cc(CSCCN)sc2C1. The molecule has 1 aliphatic rings. The van der Waals surface area contributed by atoms with E-state index in [4.69, 9.17) is 5.73 Å². The number of fused-ring (bicyclic) bond motifs is 1. The monoisotopic (exact) mass is 242 g/mol. The third-order valence-electron chi connectivity index (χ3n) is 2.66. The van der Waals surface area contributed by atoms with E-state index in [9.17, 15) is 0 Å². The second-order valence-corrected chi connectivity index (χ2v) is 6.13. The van der Waals surface area contributed by atoms with Crippen molar-refractivity contribution in [3.05, 3.63) is 21.4 Å². The summed E-state index contributed by atoms with van der Waals surface area (Å²) in [4.78, 5) is 5.59. The lowest BCUT2D eigenvalue weighted by Crippen LogP contribution is -2.14. The van der Waals surface area contributed by atoms with Crippen LogP contribution in [0.3, 0.4) is 0 Å². The number of nitrogens with zero attached hydrogens (tertiary/aromatic N) is 1.